The average Bonchev–Trinajstić information content (AvgIpc) is 2.26. The van der Waals surface area contributed by atoms with Gasteiger partial charge >= 0.3 is 0 Å². The summed E-state index contributed by atoms with van der Waals surface area (Å²) in [5.74, 6) is 0.822. The zero-order chi connectivity index (χ0) is 10.3. The van der Waals surface area contributed by atoms with Gasteiger partial charge in [-0.1, -0.05) is 32.6 Å². The summed E-state index contributed by atoms with van der Waals surface area (Å²) in [7, 11) is 0. The topological polar surface area (TPSA) is 9.23 Å². The molecule has 1 rings (SSSR count). The summed E-state index contributed by atoms with van der Waals surface area (Å²) < 4.78 is 5.40. The summed E-state index contributed by atoms with van der Waals surface area (Å²) >= 11 is 6.09. The third kappa shape index (κ3) is 3.78. The summed E-state index contributed by atoms with van der Waals surface area (Å²) in [5.41, 5.74) is 0.410. The highest BCUT2D eigenvalue weighted by Crippen LogP contribution is 2.37. The molecule has 1 aliphatic rings. The van der Waals surface area contributed by atoms with Crippen LogP contribution in [0, 0.1) is 5.41 Å². The van der Waals surface area contributed by atoms with E-state index in [1.54, 1.807) is 0 Å². The van der Waals surface area contributed by atoms with Gasteiger partial charge in [-0.25, -0.2) is 0 Å². The van der Waals surface area contributed by atoms with Crippen LogP contribution in [0.2, 0.25) is 0 Å². The Morgan fingerprint density at radius 2 is 1.86 bits per heavy atom. The first-order valence-electron chi connectivity index (χ1n) is 5.97. The molecule has 0 aromatic rings. The second kappa shape index (κ2) is 6.68. The molecule has 0 spiro atoms. The summed E-state index contributed by atoms with van der Waals surface area (Å²) in [6, 6.07) is 0. The Labute approximate surface area is 93.2 Å². The minimum atomic E-state index is 0.410. The number of hydrogen-bond donors (Lipinski definition) is 0. The third-order valence-electron chi connectivity index (χ3n) is 3.40. The minimum Gasteiger partial charge on any atom is -0.381 e. The number of hydrogen-bond acceptors (Lipinski definition) is 1. The molecule has 0 atom stereocenters. The highest BCUT2D eigenvalue weighted by Gasteiger charge is 2.30. The molecular formula is C12H23ClO. The largest absolute Gasteiger partial charge is 0.381 e. The van der Waals surface area contributed by atoms with E-state index in [-0.39, 0.29) is 0 Å². The Kier molecular flexibility index (Phi) is 5.88. The molecule has 1 aliphatic heterocycles. The maximum absolute atomic E-state index is 6.09. The summed E-state index contributed by atoms with van der Waals surface area (Å²) in [4.78, 5) is 0. The predicted octanol–water partition coefficient (Wildman–Crippen LogP) is 3.99. The molecule has 0 N–H and O–H groups in total. The van der Waals surface area contributed by atoms with E-state index < -0.39 is 0 Å². The smallest absolute Gasteiger partial charge is 0.0471 e. The molecule has 0 amide bonds. The van der Waals surface area contributed by atoms with Crippen molar-refractivity contribution in [3.05, 3.63) is 0 Å². The fourth-order valence-corrected chi connectivity index (χ4v) is 2.58. The van der Waals surface area contributed by atoms with Crippen molar-refractivity contribution in [1.82, 2.24) is 0 Å². The molecule has 0 aromatic carbocycles. The first kappa shape index (κ1) is 12.3. The highest BCUT2D eigenvalue weighted by atomic mass is 35.5. The van der Waals surface area contributed by atoms with Gasteiger partial charge < -0.3 is 4.74 Å². The molecule has 84 valence electrons. The van der Waals surface area contributed by atoms with E-state index in [4.69, 9.17) is 16.3 Å². The summed E-state index contributed by atoms with van der Waals surface area (Å²) in [6.07, 6.45) is 9.05. The monoisotopic (exact) mass is 218 g/mol. The van der Waals surface area contributed by atoms with E-state index in [0.717, 1.165) is 19.1 Å². The quantitative estimate of drug-likeness (QED) is 0.484. The van der Waals surface area contributed by atoms with Crippen LogP contribution in [0.25, 0.3) is 0 Å². The molecule has 0 unspecified atom stereocenters. The number of ether oxygens (including phenoxy) is 1. The fraction of sp³-hybridized carbons (Fsp3) is 1.00. The van der Waals surface area contributed by atoms with E-state index in [0.29, 0.717) is 5.41 Å². The van der Waals surface area contributed by atoms with Crippen LogP contribution in [0.3, 0.4) is 0 Å². The van der Waals surface area contributed by atoms with Gasteiger partial charge in [0.05, 0.1) is 0 Å². The van der Waals surface area contributed by atoms with Gasteiger partial charge in [0, 0.05) is 19.1 Å². The van der Waals surface area contributed by atoms with Gasteiger partial charge in [0.15, 0.2) is 0 Å². The van der Waals surface area contributed by atoms with Crippen LogP contribution in [0.15, 0.2) is 0 Å². The van der Waals surface area contributed by atoms with Crippen LogP contribution in [-0.4, -0.2) is 19.1 Å². The predicted molar refractivity (Wildman–Crippen MR) is 62.0 cm³/mol. The second-order valence-corrected chi connectivity index (χ2v) is 4.82. The molecule has 0 radical (unpaired) electrons. The number of halogens is 1. The van der Waals surface area contributed by atoms with E-state index >= 15 is 0 Å². The highest BCUT2D eigenvalue weighted by molar-refractivity contribution is 6.18. The molecule has 1 heterocycles. The van der Waals surface area contributed by atoms with E-state index in [1.807, 2.05) is 0 Å². The molecule has 14 heavy (non-hydrogen) atoms. The van der Waals surface area contributed by atoms with Gasteiger partial charge in [-0.05, 0) is 24.7 Å². The normalized spacial score (nSPS) is 21.0. The number of rotatable bonds is 6. The molecule has 0 saturated carbocycles. The zero-order valence-corrected chi connectivity index (χ0v) is 10.1. The Morgan fingerprint density at radius 1 is 1.14 bits per heavy atom. The van der Waals surface area contributed by atoms with Crippen molar-refractivity contribution in [3.8, 4) is 0 Å². The van der Waals surface area contributed by atoms with Gasteiger partial charge in [0.25, 0.3) is 0 Å². The van der Waals surface area contributed by atoms with Crippen molar-refractivity contribution >= 4 is 11.6 Å². The summed E-state index contributed by atoms with van der Waals surface area (Å²) in [5, 5.41) is 0. The van der Waals surface area contributed by atoms with Crippen LogP contribution < -0.4 is 0 Å². The van der Waals surface area contributed by atoms with Crippen LogP contribution in [0.1, 0.15) is 51.9 Å². The van der Waals surface area contributed by atoms with Crippen molar-refractivity contribution in [2.75, 3.05) is 19.1 Å². The molecule has 2 heteroatoms. The van der Waals surface area contributed by atoms with Gasteiger partial charge in [-0.3, -0.25) is 0 Å². The second-order valence-electron chi connectivity index (χ2n) is 4.56. The van der Waals surface area contributed by atoms with E-state index in [9.17, 15) is 0 Å². The molecule has 0 aromatic heterocycles. The molecular weight excluding hydrogens is 196 g/mol. The molecule has 0 bridgehead atoms. The standard InChI is InChI=1S/C12H23ClO/c1-2-3-4-5-6-12(11-13)7-9-14-10-8-12/h2-11H2,1H3. The van der Waals surface area contributed by atoms with Crippen molar-refractivity contribution in [2.45, 2.75) is 51.9 Å². The van der Waals surface area contributed by atoms with Gasteiger partial charge in [0.2, 0.25) is 0 Å². The van der Waals surface area contributed by atoms with E-state index in [1.165, 1.54) is 44.9 Å². The fourth-order valence-electron chi connectivity index (χ4n) is 2.18. The van der Waals surface area contributed by atoms with Gasteiger partial charge in [0.1, 0.15) is 0 Å². The van der Waals surface area contributed by atoms with Gasteiger partial charge in [-0.15, -0.1) is 11.6 Å². The van der Waals surface area contributed by atoms with Crippen LogP contribution in [0.5, 0.6) is 0 Å². The lowest BCUT2D eigenvalue weighted by molar-refractivity contribution is 0.0203. The SMILES string of the molecule is CCCCCCC1(CCl)CCOCC1. The Hall–Kier alpha value is 0.250. The first-order chi connectivity index (χ1) is 6.83. The Bertz CT molecular complexity index is 141. The molecule has 1 nitrogen and oxygen atoms in total. The number of alkyl halides is 1. The summed E-state index contributed by atoms with van der Waals surface area (Å²) in [6.45, 7) is 4.09. The molecule has 0 aliphatic carbocycles. The van der Waals surface area contributed by atoms with E-state index in [2.05, 4.69) is 6.92 Å². The minimum absolute atomic E-state index is 0.410. The van der Waals surface area contributed by atoms with Crippen LogP contribution in [0.4, 0.5) is 0 Å². The van der Waals surface area contributed by atoms with Crippen molar-refractivity contribution < 1.29 is 4.74 Å². The van der Waals surface area contributed by atoms with Crippen LogP contribution >= 0.6 is 11.6 Å². The van der Waals surface area contributed by atoms with Crippen molar-refractivity contribution in [1.29, 1.82) is 0 Å². The number of unbranched alkanes of at least 4 members (excludes halogenated alkanes) is 3. The Balaban J connectivity index is 2.22. The molecule has 1 saturated heterocycles. The zero-order valence-electron chi connectivity index (χ0n) is 9.36. The van der Waals surface area contributed by atoms with Crippen molar-refractivity contribution in [3.63, 3.8) is 0 Å². The molecule has 1 fully saturated rings. The average molecular weight is 219 g/mol. The maximum atomic E-state index is 6.09. The van der Waals surface area contributed by atoms with Crippen molar-refractivity contribution in [2.24, 2.45) is 5.41 Å². The lowest BCUT2D eigenvalue weighted by Crippen LogP contribution is -2.31. The van der Waals surface area contributed by atoms with Gasteiger partial charge in [-0.2, -0.15) is 0 Å². The van der Waals surface area contributed by atoms with Crippen LogP contribution in [-0.2, 0) is 4.74 Å². The maximum Gasteiger partial charge on any atom is 0.0471 e. The lowest BCUT2D eigenvalue weighted by Gasteiger charge is -2.35. The lowest BCUT2D eigenvalue weighted by atomic mass is 9.78. The first-order valence-corrected chi connectivity index (χ1v) is 6.50. The Morgan fingerprint density at radius 3 is 2.43 bits per heavy atom. The third-order valence-corrected chi connectivity index (χ3v) is 3.96.